The summed E-state index contributed by atoms with van der Waals surface area (Å²) in [6.45, 7) is 0.195. The Bertz CT molecular complexity index is 1440. The Morgan fingerprint density at radius 1 is 0.941 bits per heavy atom. The second-order valence-electron chi connectivity index (χ2n) is 7.49. The Kier molecular flexibility index (Phi) is 6.42. The molecule has 0 atom stereocenters. The molecule has 4 aromatic rings. The van der Waals surface area contributed by atoms with Gasteiger partial charge >= 0.3 is 17.6 Å². The van der Waals surface area contributed by atoms with Crippen LogP contribution in [0.4, 0.5) is 5.69 Å². The molecule has 0 unspecified atom stereocenters. The Morgan fingerprint density at radius 3 is 2.38 bits per heavy atom. The molecule has 1 heterocycles. The Labute approximate surface area is 194 Å². The minimum atomic E-state index is -0.575. The number of carbonyl (C=O) groups excluding carboxylic acids is 2. The van der Waals surface area contributed by atoms with Gasteiger partial charge in [0.05, 0.1) is 19.8 Å². The van der Waals surface area contributed by atoms with Gasteiger partial charge in [0.2, 0.25) is 0 Å². The van der Waals surface area contributed by atoms with E-state index in [1.165, 1.54) is 44.6 Å². The first-order valence-corrected chi connectivity index (χ1v) is 10.4. The van der Waals surface area contributed by atoms with Crippen LogP contribution in [0.1, 0.15) is 26.3 Å². The van der Waals surface area contributed by atoms with E-state index in [0.29, 0.717) is 22.2 Å². The lowest BCUT2D eigenvalue weighted by molar-refractivity contribution is -0.588. The van der Waals surface area contributed by atoms with E-state index < -0.39 is 17.6 Å². The molecule has 172 valence electrons. The summed E-state index contributed by atoms with van der Waals surface area (Å²) in [4.78, 5) is 36.4. The summed E-state index contributed by atoms with van der Waals surface area (Å²) in [7, 11) is 2.52. The quantitative estimate of drug-likeness (QED) is 0.267. The zero-order valence-electron chi connectivity index (χ0n) is 18.5. The molecule has 0 radical (unpaired) electrons. The number of ether oxygens (including phenoxy) is 2. The highest BCUT2D eigenvalue weighted by molar-refractivity contribution is 5.97. The predicted molar refractivity (Wildman–Crippen MR) is 122 cm³/mol. The Balaban J connectivity index is 1.74. The highest BCUT2D eigenvalue weighted by Crippen LogP contribution is 2.32. The lowest BCUT2D eigenvalue weighted by Gasteiger charge is -2.16. The highest BCUT2D eigenvalue weighted by atomic mass is 16.5. The van der Waals surface area contributed by atoms with Crippen LogP contribution in [0.5, 0.6) is 5.75 Å². The predicted octanol–water partition coefficient (Wildman–Crippen LogP) is 2.50. The first kappa shape index (κ1) is 22.8. The van der Waals surface area contributed by atoms with Gasteiger partial charge in [0, 0.05) is 23.1 Å². The molecular weight excluding hydrogens is 438 g/mol. The topological polar surface area (TPSA) is 122 Å². The zero-order valence-corrected chi connectivity index (χ0v) is 18.5. The SMILES string of the molecule is COC(=O)c1ccc(C(=O)OC)c([NH2+]Cc2cc(=O)oc3cc(-c4ccccc4)c([O-])cc23)c1. The van der Waals surface area contributed by atoms with E-state index in [9.17, 15) is 19.5 Å². The third-order valence-corrected chi connectivity index (χ3v) is 5.44. The first-order chi connectivity index (χ1) is 16.4. The molecule has 1 aromatic heterocycles. The molecule has 2 N–H and O–H groups in total. The van der Waals surface area contributed by atoms with Gasteiger partial charge in [-0.3, -0.25) is 0 Å². The van der Waals surface area contributed by atoms with Crippen molar-refractivity contribution in [2.75, 3.05) is 14.2 Å². The number of esters is 2. The van der Waals surface area contributed by atoms with Gasteiger partial charge in [0.1, 0.15) is 23.4 Å². The van der Waals surface area contributed by atoms with Crippen molar-refractivity contribution in [2.24, 2.45) is 0 Å². The molecule has 0 bridgehead atoms. The van der Waals surface area contributed by atoms with Crippen LogP contribution in [0.15, 0.2) is 75.9 Å². The van der Waals surface area contributed by atoms with Crippen LogP contribution in [0.3, 0.4) is 0 Å². The minimum absolute atomic E-state index is 0.195. The normalized spacial score (nSPS) is 10.8. The second-order valence-corrected chi connectivity index (χ2v) is 7.49. The van der Waals surface area contributed by atoms with Crippen molar-refractivity contribution in [2.45, 2.75) is 6.54 Å². The summed E-state index contributed by atoms with van der Waals surface area (Å²) in [5.74, 6) is -1.34. The molecule has 0 aliphatic carbocycles. The lowest BCUT2D eigenvalue weighted by Crippen LogP contribution is -2.76. The fourth-order valence-corrected chi connectivity index (χ4v) is 3.76. The number of quaternary nitrogens is 1. The average molecular weight is 459 g/mol. The summed E-state index contributed by atoms with van der Waals surface area (Å²) >= 11 is 0. The van der Waals surface area contributed by atoms with E-state index in [4.69, 9.17) is 13.9 Å². The van der Waals surface area contributed by atoms with Gasteiger partial charge in [0.15, 0.2) is 0 Å². The van der Waals surface area contributed by atoms with E-state index in [-0.39, 0.29) is 29.0 Å². The van der Waals surface area contributed by atoms with Crippen LogP contribution >= 0.6 is 0 Å². The fourth-order valence-electron chi connectivity index (χ4n) is 3.76. The molecule has 0 aliphatic heterocycles. The monoisotopic (exact) mass is 459 g/mol. The van der Waals surface area contributed by atoms with Gasteiger partial charge in [-0.25, -0.2) is 14.4 Å². The van der Waals surface area contributed by atoms with Gasteiger partial charge in [-0.15, -0.1) is 5.75 Å². The molecule has 0 fully saturated rings. The number of methoxy groups -OCH3 is 2. The van der Waals surface area contributed by atoms with Crippen molar-refractivity contribution >= 4 is 28.6 Å². The number of hydrogen-bond donors (Lipinski definition) is 1. The second kappa shape index (κ2) is 9.60. The molecule has 8 heteroatoms. The lowest BCUT2D eigenvalue weighted by atomic mass is 10.0. The Morgan fingerprint density at radius 2 is 1.68 bits per heavy atom. The summed E-state index contributed by atoms with van der Waals surface area (Å²) in [6.07, 6.45) is 0. The zero-order chi connectivity index (χ0) is 24.2. The van der Waals surface area contributed by atoms with Gasteiger partial charge in [-0.1, -0.05) is 36.4 Å². The van der Waals surface area contributed by atoms with E-state index in [2.05, 4.69) is 0 Å². The molecule has 4 rings (SSSR count). The van der Waals surface area contributed by atoms with E-state index >= 15 is 0 Å². The van der Waals surface area contributed by atoms with Crippen molar-refractivity contribution in [1.29, 1.82) is 0 Å². The van der Waals surface area contributed by atoms with E-state index in [0.717, 1.165) is 5.56 Å². The van der Waals surface area contributed by atoms with Gasteiger partial charge in [0.25, 0.3) is 0 Å². The van der Waals surface area contributed by atoms with Crippen molar-refractivity contribution in [3.63, 3.8) is 0 Å². The van der Waals surface area contributed by atoms with Crippen molar-refractivity contribution in [3.05, 3.63) is 93.8 Å². The molecule has 0 spiro atoms. The molecular formula is C26H21NO7. The molecule has 0 amide bonds. The van der Waals surface area contributed by atoms with Crippen molar-refractivity contribution in [1.82, 2.24) is 0 Å². The van der Waals surface area contributed by atoms with Crippen LogP contribution in [0.25, 0.3) is 22.1 Å². The minimum Gasteiger partial charge on any atom is -0.872 e. The van der Waals surface area contributed by atoms with Crippen LogP contribution in [0.2, 0.25) is 0 Å². The third kappa shape index (κ3) is 4.53. The molecule has 0 saturated heterocycles. The van der Waals surface area contributed by atoms with Crippen LogP contribution in [-0.4, -0.2) is 26.2 Å². The summed E-state index contributed by atoms with van der Waals surface area (Å²) in [5.41, 5.74) is 2.34. The number of rotatable bonds is 6. The van der Waals surface area contributed by atoms with Crippen LogP contribution in [-0.2, 0) is 16.0 Å². The van der Waals surface area contributed by atoms with Crippen molar-refractivity contribution in [3.8, 4) is 16.9 Å². The van der Waals surface area contributed by atoms with Crippen LogP contribution < -0.4 is 16.0 Å². The average Bonchev–Trinajstić information content (AvgIpc) is 2.86. The molecule has 8 nitrogen and oxygen atoms in total. The van der Waals surface area contributed by atoms with Gasteiger partial charge in [-0.05, 0) is 29.3 Å². The molecule has 34 heavy (non-hydrogen) atoms. The van der Waals surface area contributed by atoms with E-state index in [1.54, 1.807) is 23.5 Å². The number of nitrogens with two attached hydrogens (primary N) is 1. The highest BCUT2D eigenvalue weighted by Gasteiger charge is 2.19. The number of hydrogen-bond acceptors (Lipinski definition) is 7. The summed E-state index contributed by atoms with van der Waals surface area (Å²) in [6, 6.07) is 17.9. The Hall–Kier alpha value is -4.43. The number of benzene rings is 3. The largest absolute Gasteiger partial charge is 0.872 e. The summed E-state index contributed by atoms with van der Waals surface area (Å²) in [5, 5.41) is 15.0. The number of carbonyl (C=O) groups is 2. The standard InChI is InChI=1S/C26H21NO7/c1-32-25(30)16-8-9-18(26(31)33-2)21(10-16)27-14-17-11-24(29)34-23-13-19(22(28)12-20(17)23)15-6-4-3-5-7-15/h3-13,27-28H,14H2,1-2H3. The molecule has 3 aromatic carbocycles. The first-order valence-electron chi connectivity index (χ1n) is 10.4. The summed E-state index contributed by atoms with van der Waals surface area (Å²) < 4.78 is 15.0. The smallest absolute Gasteiger partial charge is 0.343 e. The van der Waals surface area contributed by atoms with Crippen molar-refractivity contribution < 1.29 is 33.9 Å². The van der Waals surface area contributed by atoms with Gasteiger partial charge in [-0.2, -0.15) is 0 Å². The molecule has 0 aliphatic rings. The maximum absolute atomic E-state index is 12.8. The third-order valence-electron chi connectivity index (χ3n) is 5.44. The maximum Gasteiger partial charge on any atom is 0.343 e. The van der Waals surface area contributed by atoms with E-state index in [1.807, 2.05) is 18.2 Å². The maximum atomic E-state index is 12.8. The van der Waals surface area contributed by atoms with Crippen LogP contribution in [0, 0.1) is 0 Å². The molecule has 0 saturated carbocycles. The fraction of sp³-hybridized carbons (Fsp3) is 0.115. The van der Waals surface area contributed by atoms with Gasteiger partial charge < -0.3 is 24.3 Å². The number of fused-ring (bicyclic) bond motifs is 1.